The fraction of sp³-hybridized carbons (Fsp3) is 0.364. The molecular formula is C22H22F3N7O3. The molecule has 0 atom stereocenters. The summed E-state index contributed by atoms with van der Waals surface area (Å²) in [5.41, 5.74) is 0.537. The number of aromatic nitrogens is 5. The van der Waals surface area contributed by atoms with Crippen LogP contribution in [0.1, 0.15) is 37.1 Å². The zero-order chi connectivity index (χ0) is 25.4. The number of nitrogens with zero attached hydrogens (tertiary/aromatic N) is 6. The van der Waals surface area contributed by atoms with Crippen LogP contribution in [-0.2, 0) is 4.79 Å². The summed E-state index contributed by atoms with van der Waals surface area (Å²) in [6.45, 7) is 1.94. The highest BCUT2D eigenvalue weighted by atomic mass is 19.4. The summed E-state index contributed by atoms with van der Waals surface area (Å²) in [6.07, 6.45) is 7.55. The Balaban J connectivity index is 0.000000429. The van der Waals surface area contributed by atoms with E-state index < -0.39 is 12.1 Å². The van der Waals surface area contributed by atoms with E-state index in [2.05, 4.69) is 31.3 Å². The van der Waals surface area contributed by atoms with Crippen molar-refractivity contribution in [2.75, 3.05) is 5.32 Å². The Bertz CT molecular complexity index is 1170. The van der Waals surface area contributed by atoms with Gasteiger partial charge in [0.05, 0.1) is 18.0 Å². The van der Waals surface area contributed by atoms with Crippen molar-refractivity contribution in [3.8, 4) is 17.8 Å². The summed E-state index contributed by atoms with van der Waals surface area (Å²) in [6, 6.07) is 5.87. The van der Waals surface area contributed by atoms with Gasteiger partial charge in [0.2, 0.25) is 5.88 Å². The number of anilines is 1. The molecule has 0 radical (unpaired) electrons. The van der Waals surface area contributed by atoms with Gasteiger partial charge in [0, 0.05) is 30.7 Å². The summed E-state index contributed by atoms with van der Waals surface area (Å²) in [5.74, 6) is 0.213. The van der Waals surface area contributed by atoms with Crippen molar-refractivity contribution in [2.45, 2.75) is 50.9 Å². The maximum absolute atomic E-state index is 10.6. The molecule has 3 aromatic heterocycles. The second kappa shape index (κ2) is 11.3. The smallest absolute Gasteiger partial charge is 0.475 e. The van der Waals surface area contributed by atoms with Gasteiger partial charge in [0.25, 0.3) is 0 Å². The molecule has 0 bridgehead atoms. The standard InChI is InChI=1S/C20H21N7O.C2HF3O2/c1-14-23-8-9-27(14)19-13-22-12-18(26-19)25-16-3-5-17(6-4-16)28-20-7-2-15(10-21)11-24-20;3-2(4,5)1(6)7/h2,7-9,11-13,16-17H,3-6H2,1H3,(H,25,26);(H,6,7). The lowest BCUT2D eigenvalue weighted by Crippen LogP contribution is -2.31. The Hall–Kier alpha value is -4.21. The van der Waals surface area contributed by atoms with Crippen LogP contribution in [0.3, 0.4) is 0 Å². The average Bonchev–Trinajstić information content (AvgIpc) is 3.27. The number of rotatable bonds is 5. The van der Waals surface area contributed by atoms with Crippen LogP contribution in [0.5, 0.6) is 5.88 Å². The minimum Gasteiger partial charge on any atom is -0.475 e. The number of carboxylic acid groups (broad SMARTS) is 1. The van der Waals surface area contributed by atoms with Gasteiger partial charge in [-0.3, -0.25) is 9.55 Å². The molecule has 10 nitrogen and oxygen atoms in total. The van der Waals surface area contributed by atoms with Crippen LogP contribution in [-0.4, -0.2) is 53.9 Å². The third kappa shape index (κ3) is 7.39. The van der Waals surface area contributed by atoms with Crippen LogP contribution in [0.4, 0.5) is 19.0 Å². The molecule has 1 fully saturated rings. The number of aliphatic carboxylic acids is 1. The number of pyridine rings is 1. The highest BCUT2D eigenvalue weighted by molar-refractivity contribution is 5.73. The SMILES string of the molecule is Cc1nccn1-c1cncc(NC2CCC(Oc3ccc(C#N)cn3)CC2)n1.O=C(O)C(F)(F)F. The van der Waals surface area contributed by atoms with Crippen molar-refractivity contribution in [3.63, 3.8) is 0 Å². The molecule has 13 heteroatoms. The number of nitrogens with one attached hydrogen (secondary N) is 1. The van der Waals surface area contributed by atoms with Crippen molar-refractivity contribution >= 4 is 11.8 Å². The second-order valence-corrected chi connectivity index (χ2v) is 7.64. The maximum Gasteiger partial charge on any atom is 0.490 e. The van der Waals surface area contributed by atoms with Crippen LogP contribution in [0.2, 0.25) is 0 Å². The highest BCUT2D eigenvalue weighted by Crippen LogP contribution is 2.25. The largest absolute Gasteiger partial charge is 0.490 e. The molecule has 4 rings (SSSR count). The van der Waals surface area contributed by atoms with E-state index in [0.29, 0.717) is 17.5 Å². The molecule has 1 saturated carbocycles. The van der Waals surface area contributed by atoms with Crippen LogP contribution in [0.25, 0.3) is 5.82 Å². The van der Waals surface area contributed by atoms with Gasteiger partial charge < -0.3 is 15.2 Å². The van der Waals surface area contributed by atoms with Crippen molar-refractivity contribution in [2.24, 2.45) is 0 Å². The van der Waals surface area contributed by atoms with Crippen LogP contribution in [0, 0.1) is 18.3 Å². The van der Waals surface area contributed by atoms with E-state index in [1.54, 1.807) is 30.7 Å². The zero-order valence-electron chi connectivity index (χ0n) is 18.6. The van der Waals surface area contributed by atoms with E-state index in [1.165, 1.54) is 6.20 Å². The molecule has 1 aliphatic rings. The number of halogens is 3. The van der Waals surface area contributed by atoms with Gasteiger partial charge in [-0.1, -0.05) is 0 Å². The molecule has 35 heavy (non-hydrogen) atoms. The zero-order valence-corrected chi connectivity index (χ0v) is 18.6. The van der Waals surface area contributed by atoms with Crippen LogP contribution < -0.4 is 10.1 Å². The predicted molar refractivity (Wildman–Crippen MR) is 117 cm³/mol. The lowest BCUT2D eigenvalue weighted by Gasteiger charge is -2.29. The van der Waals surface area contributed by atoms with E-state index in [-0.39, 0.29) is 6.10 Å². The number of nitriles is 1. The Morgan fingerprint density at radius 2 is 1.91 bits per heavy atom. The summed E-state index contributed by atoms with van der Waals surface area (Å²) >= 11 is 0. The Morgan fingerprint density at radius 3 is 2.46 bits per heavy atom. The minimum absolute atomic E-state index is 0.143. The molecule has 1 aliphatic carbocycles. The first kappa shape index (κ1) is 25.4. The molecule has 3 heterocycles. The molecule has 3 aromatic rings. The van der Waals surface area contributed by atoms with E-state index in [1.807, 2.05) is 17.7 Å². The third-order valence-corrected chi connectivity index (χ3v) is 5.12. The lowest BCUT2D eigenvalue weighted by molar-refractivity contribution is -0.192. The number of imidazole rings is 1. The summed E-state index contributed by atoms with van der Waals surface area (Å²) in [7, 11) is 0. The average molecular weight is 489 g/mol. The van der Waals surface area contributed by atoms with Crippen molar-refractivity contribution in [1.82, 2.24) is 24.5 Å². The maximum atomic E-state index is 10.6. The molecule has 0 saturated heterocycles. The summed E-state index contributed by atoms with van der Waals surface area (Å²) in [5, 5.41) is 19.4. The molecule has 184 valence electrons. The predicted octanol–water partition coefficient (Wildman–Crippen LogP) is 3.67. The van der Waals surface area contributed by atoms with E-state index in [0.717, 1.165) is 43.1 Å². The highest BCUT2D eigenvalue weighted by Gasteiger charge is 2.38. The van der Waals surface area contributed by atoms with Gasteiger partial charge in [-0.15, -0.1) is 0 Å². The fourth-order valence-electron chi connectivity index (χ4n) is 3.38. The molecule has 0 unspecified atom stereocenters. The number of alkyl halides is 3. The number of hydrogen-bond acceptors (Lipinski definition) is 8. The van der Waals surface area contributed by atoms with Gasteiger partial charge in [-0.2, -0.15) is 18.4 Å². The number of aryl methyl sites for hydroxylation is 1. The molecular weight excluding hydrogens is 467 g/mol. The normalized spacial score (nSPS) is 17.5. The Kier molecular flexibility index (Phi) is 8.19. The quantitative estimate of drug-likeness (QED) is 0.549. The third-order valence-electron chi connectivity index (χ3n) is 5.12. The molecule has 0 spiro atoms. The number of carbonyl (C=O) groups is 1. The van der Waals surface area contributed by atoms with Gasteiger partial charge in [-0.05, 0) is 38.7 Å². The monoisotopic (exact) mass is 489 g/mol. The van der Waals surface area contributed by atoms with Crippen molar-refractivity contribution in [1.29, 1.82) is 5.26 Å². The molecule has 0 aromatic carbocycles. The Morgan fingerprint density at radius 1 is 1.20 bits per heavy atom. The minimum atomic E-state index is -5.08. The number of hydrogen-bond donors (Lipinski definition) is 2. The molecule has 0 amide bonds. The van der Waals surface area contributed by atoms with Crippen LogP contribution in [0.15, 0.2) is 43.1 Å². The first-order valence-corrected chi connectivity index (χ1v) is 10.6. The topological polar surface area (TPSA) is 139 Å². The lowest BCUT2D eigenvalue weighted by atomic mass is 9.93. The van der Waals surface area contributed by atoms with Gasteiger partial charge in [-0.25, -0.2) is 19.7 Å². The summed E-state index contributed by atoms with van der Waals surface area (Å²) < 4.78 is 39.6. The van der Waals surface area contributed by atoms with E-state index in [9.17, 15) is 13.2 Å². The Labute approximate surface area is 198 Å². The fourth-order valence-corrected chi connectivity index (χ4v) is 3.38. The number of ether oxygens (including phenoxy) is 1. The van der Waals surface area contributed by atoms with Crippen molar-refractivity contribution < 1.29 is 27.8 Å². The molecule has 2 N–H and O–H groups in total. The first-order chi connectivity index (χ1) is 16.7. The van der Waals surface area contributed by atoms with E-state index >= 15 is 0 Å². The second-order valence-electron chi connectivity index (χ2n) is 7.64. The summed E-state index contributed by atoms with van der Waals surface area (Å²) in [4.78, 5) is 26.3. The van der Waals surface area contributed by atoms with E-state index in [4.69, 9.17) is 19.9 Å². The van der Waals surface area contributed by atoms with Gasteiger partial charge in [0.15, 0.2) is 5.82 Å². The van der Waals surface area contributed by atoms with Crippen molar-refractivity contribution in [3.05, 3.63) is 54.5 Å². The van der Waals surface area contributed by atoms with Crippen LogP contribution >= 0.6 is 0 Å². The first-order valence-electron chi connectivity index (χ1n) is 10.6. The van der Waals surface area contributed by atoms with Gasteiger partial charge in [0.1, 0.15) is 23.8 Å². The molecule has 0 aliphatic heterocycles. The van der Waals surface area contributed by atoms with Gasteiger partial charge >= 0.3 is 12.1 Å². The number of carboxylic acids is 1.